The van der Waals surface area contributed by atoms with Gasteiger partial charge in [-0.15, -0.1) is 0 Å². The number of unbranched alkanes of at least 4 members (excludes halogenated alkanes) is 1. The highest BCUT2D eigenvalue weighted by Gasteiger charge is 2.24. The standard InChI is InChI=1S/C18H28N2O3/c1-23-17-6-4-15(5-7-17)14-19-18(22)16-8-11-20(12-9-16)10-2-3-13-21/h4-7,16,21H,2-3,8-14H2,1H3,(H,19,22). The van der Waals surface area contributed by atoms with Gasteiger partial charge in [0, 0.05) is 19.1 Å². The summed E-state index contributed by atoms with van der Waals surface area (Å²) in [6, 6.07) is 7.77. The van der Waals surface area contributed by atoms with Crippen LogP contribution in [0.5, 0.6) is 5.75 Å². The van der Waals surface area contributed by atoms with E-state index < -0.39 is 0 Å². The topological polar surface area (TPSA) is 61.8 Å². The maximum absolute atomic E-state index is 12.3. The number of methoxy groups -OCH3 is 1. The monoisotopic (exact) mass is 320 g/mol. The molecular weight excluding hydrogens is 292 g/mol. The molecule has 2 rings (SSSR count). The zero-order valence-corrected chi connectivity index (χ0v) is 14.0. The SMILES string of the molecule is COc1ccc(CNC(=O)C2CCN(CCCCO)CC2)cc1. The van der Waals surface area contributed by atoms with Crippen molar-refractivity contribution in [2.75, 3.05) is 33.4 Å². The number of rotatable bonds is 8. The summed E-state index contributed by atoms with van der Waals surface area (Å²) in [5.41, 5.74) is 1.08. The van der Waals surface area contributed by atoms with Crippen molar-refractivity contribution in [3.8, 4) is 5.75 Å². The Morgan fingerprint density at radius 3 is 2.57 bits per heavy atom. The summed E-state index contributed by atoms with van der Waals surface area (Å²) >= 11 is 0. The molecule has 1 aliphatic rings. The molecule has 0 radical (unpaired) electrons. The molecule has 1 aromatic rings. The predicted octanol–water partition coefficient (Wildman–Crippen LogP) is 1.80. The Hall–Kier alpha value is -1.59. The first kappa shape index (κ1) is 17.8. The predicted molar refractivity (Wildman–Crippen MR) is 90.3 cm³/mol. The molecule has 0 aromatic heterocycles. The van der Waals surface area contributed by atoms with E-state index in [-0.39, 0.29) is 18.4 Å². The summed E-state index contributed by atoms with van der Waals surface area (Å²) in [6.07, 6.45) is 3.74. The van der Waals surface area contributed by atoms with Crippen LogP contribution < -0.4 is 10.1 Å². The molecule has 23 heavy (non-hydrogen) atoms. The van der Waals surface area contributed by atoms with Crippen molar-refractivity contribution in [3.05, 3.63) is 29.8 Å². The Kier molecular flexibility index (Phi) is 7.36. The Labute approximate surface area is 138 Å². The maximum atomic E-state index is 12.3. The smallest absolute Gasteiger partial charge is 0.223 e. The minimum atomic E-state index is 0.127. The highest BCUT2D eigenvalue weighted by molar-refractivity contribution is 5.78. The normalized spacial score (nSPS) is 16.3. The van der Waals surface area contributed by atoms with Crippen LogP contribution in [0.4, 0.5) is 0 Å². The summed E-state index contributed by atoms with van der Waals surface area (Å²) in [5, 5.41) is 11.9. The number of nitrogens with zero attached hydrogens (tertiary/aromatic N) is 1. The molecule has 5 nitrogen and oxygen atoms in total. The van der Waals surface area contributed by atoms with Gasteiger partial charge in [0.15, 0.2) is 0 Å². The fourth-order valence-electron chi connectivity index (χ4n) is 2.94. The fraction of sp³-hybridized carbons (Fsp3) is 0.611. The van der Waals surface area contributed by atoms with Gasteiger partial charge in [0.1, 0.15) is 5.75 Å². The molecular formula is C18H28N2O3. The molecule has 0 aliphatic carbocycles. The van der Waals surface area contributed by atoms with E-state index in [2.05, 4.69) is 10.2 Å². The van der Waals surface area contributed by atoms with Crippen LogP contribution in [-0.2, 0) is 11.3 Å². The lowest BCUT2D eigenvalue weighted by atomic mass is 9.95. The molecule has 1 heterocycles. The van der Waals surface area contributed by atoms with Crippen molar-refractivity contribution in [1.82, 2.24) is 10.2 Å². The van der Waals surface area contributed by atoms with Gasteiger partial charge in [-0.3, -0.25) is 4.79 Å². The number of hydrogen-bond acceptors (Lipinski definition) is 4. The Balaban J connectivity index is 1.68. The number of amides is 1. The molecule has 1 aliphatic heterocycles. The molecule has 5 heteroatoms. The van der Waals surface area contributed by atoms with E-state index in [4.69, 9.17) is 9.84 Å². The van der Waals surface area contributed by atoms with Crippen molar-refractivity contribution in [2.45, 2.75) is 32.2 Å². The van der Waals surface area contributed by atoms with Gasteiger partial charge in [0.2, 0.25) is 5.91 Å². The summed E-state index contributed by atoms with van der Waals surface area (Å²) in [6.45, 7) is 3.82. The van der Waals surface area contributed by atoms with Gasteiger partial charge in [0.05, 0.1) is 7.11 Å². The minimum absolute atomic E-state index is 0.127. The molecule has 2 N–H and O–H groups in total. The Bertz CT molecular complexity index is 468. The second-order valence-corrected chi connectivity index (χ2v) is 6.11. The lowest BCUT2D eigenvalue weighted by molar-refractivity contribution is -0.126. The fourth-order valence-corrected chi connectivity index (χ4v) is 2.94. The van der Waals surface area contributed by atoms with Gasteiger partial charge in [-0.05, 0) is 63.0 Å². The number of nitrogens with one attached hydrogen (secondary N) is 1. The third-order valence-electron chi connectivity index (χ3n) is 4.47. The molecule has 1 aromatic carbocycles. The Morgan fingerprint density at radius 1 is 1.26 bits per heavy atom. The molecule has 1 amide bonds. The molecule has 128 valence electrons. The van der Waals surface area contributed by atoms with Gasteiger partial charge in [-0.1, -0.05) is 12.1 Å². The van der Waals surface area contributed by atoms with Crippen molar-refractivity contribution >= 4 is 5.91 Å². The highest BCUT2D eigenvalue weighted by Crippen LogP contribution is 2.18. The van der Waals surface area contributed by atoms with Crippen LogP contribution in [0.15, 0.2) is 24.3 Å². The largest absolute Gasteiger partial charge is 0.497 e. The maximum Gasteiger partial charge on any atom is 0.223 e. The number of likely N-dealkylation sites (tertiary alicyclic amines) is 1. The number of ether oxygens (including phenoxy) is 1. The summed E-state index contributed by atoms with van der Waals surface area (Å²) in [4.78, 5) is 14.7. The lowest BCUT2D eigenvalue weighted by Gasteiger charge is -2.31. The van der Waals surface area contributed by atoms with Gasteiger partial charge in [-0.2, -0.15) is 0 Å². The van der Waals surface area contributed by atoms with E-state index in [1.165, 1.54) is 0 Å². The van der Waals surface area contributed by atoms with E-state index in [9.17, 15) is 4.79 Å². The zero-order valence-electron chi connectivity index (χ0n) is 14.0. The molecule has 0 bridgehead atoms. The zero-order chi connectivity index (χ0) is 16.5. The average Bonchev–Trinajstić information content (AvgIpc) is 2.61. The first-order chi connectivity index (χ1) is 11.2. The third-order valence-corrected chi connectivity index (χ3v) is 4.47. The van der Waals surface area contributed by atoms with Crippen molar-refractivity contribution in [1.29, 1.82) is 0 Å². The summed E-state index contributed by atoms with van der Waals surface area (Å²) in [7, 11) is 1.65. The molecule has 0 atom stereocenters. The van der Waals surface area contributed by atoms with Crippen LogP contribution in [0.3, 0.4) is 0 Å². The lowest BCUT2D eigenvalue weighted by Crippen LogP contribution is -2.40. The molecule has 0 saturated carbocycles. The van der Waals surface area contributed by atoms with Crippen LogP contribution in [0, 0.1) is 5.92 Å². The van der Waals surface area contributed by atoms with E-state index in [0.29, 0.717) is 6.54 Å². The van der Waals surface area contributed by atoms with E-state index in [1.807, 2.05) is 24.3 Å². The van der Waals surface area contributed by atoms with Gasteiger partial charge < -0.3 is 20.1 Å². The van der Waals surface area contributed by atoms with Crippen molar-refractivity contribution in [3.63, 3.8) is 0 Å². The van der Waals surface area contributed by atoms with Crippen LogP contribution in [-0.4, -0.2) is 49.3 Å². The van der Waals surface area contributed by atoms with E-state index >= 15 is 0 Å². The quantitative estimate of drug-likeness (QED) is 0.717. The summed E-state index contributed by atoms with van der Waals surface area (Å²) in [5.74, 6) is 1.12. The highest BCUT2D eigenvalue weighted by atomic mass is 16.5. The number of aliphatic hydroxyl groups is 1. The molecule has 1 fully saturated rings. The van der Waals surface area contributed by atoms with Crippen molar-refractivity contribution in [2.24, 2.45) is 5.92 Å². The van der Waals surface area contributed by atoms with Crippen LogP contribution in [0.1, 0.15) is 31.2 Å². The summed E-state index contributed by atoms with van der Waals surface area (Å²) < 4.78 is 5.13. The van der Waals surface area contributed by atoms with E-state index in [0.717, 1.165) is 56.6 Å². The first-order valence-corrected chi connectivity index (χ1v) is 8.47. The number of carbonyl (C=O) groups is 1. The third kappa shape index (κ3) is 5.84. The number of aliphatic hydroxyl groups excluding tert-OH is 1. The van der Waals surface area contributed by atoms with Gasteiger partial charge in [-0.25, -0.2) is 0 Å². The number of hydrogen-bond donors (Lipinski definition) is 2. The number of carbonyl (C=O) groups excluding carboxylic acids is 1. The van der Waals surface area contributed by atoms with Crippen LogP contribution in [0.2, 0.25) is 0 Å². The second-order valence-electron chi connectivity index (χ2n) is 6.11. The molecule has 1 saturated heterocycles. The first-order valence-electron chi connectivity index (χ1n) is 8.47. The average molecular weight is 320 g/mol. The van der Waals surface area contributed by atoms with Crippen LogP contribution in [0.25, 0.3) is 0 Å². The van der Waals surface area contributed by atoms with Gasteiger partial charge in [0.25, 0.3) is 0 Å². The number of piperidine rings is 1. The van der Waals surface area contributed by atoms with E-state index in [1.54, 1.807) is 7.11 Å². The molecule has 0 spiro atoms. The minimum Gasteiger partial charge on any atom is -0.497 e. The van der Waals surface area contributed by atoms with Crippen molar-refractivity contribution < 1.29 is 14.6 Å². The number of benzene rings is 1. The second kappa shape index (κ2) is 9.53. The van der Waals surface area contributed by atoms with Gasteiger partial charge >= 0.3 is 0 Å². The van der Waals surface area contributed by atoms with Crippen LogP contribution >= 0.6 is 0 Å². The Morgan fingerprint density at radius 2 is 1.96 bits per heavy atom. The molecule has 0 unspecified atom stereocenters.